The zero-order valence-electron chi connectivity index (χ0n) is 5.44. The summed E-state index contributed by atoms with van der Waals surface area (Å²) in [6, 6.07) is 3.56. The molecule has 0 aliphatic carbocycles. The lowest BCUT2D eigenvalue weighted by molar-refractivity contribution is -0.579. The van der Waals surface area contributed by atoms with Crippen molar-refractivity contribution in [2.24, 2.45) is 0 Å². The van der Waals surface area contributed by atoms with Crippen LogP contribution in [0.4, 0.5) is 0 Å². The molecule has 0 bridgehead atoms. The molecule has 0 aromatic carbocycles. The molecule has 4 nitrogen and oxygen atoms in total. The molecular weight excluding hydrogens is 257 g/mol. The molecule has 56 valence electrons. The molecule has 5 heteroatoms. The van der Waals surface area contributed by atoms with Gasteiger partial charge in [-0.2, -0.15) is 0 Å². The van der Waals surface area contributed by atoms with E-state index in [-0.39, 0.29) is 0 Å². The fourth-order valence-corrected chi connectivity index (χ4v) is 1.57. The first-order chi connectivity index (χ1) is 5.29. The maximum Gasteiger partial charge on any atom is 0.323 e. The highest BCUT2D eigenvalue weighted by molar-refractivity contribution is 14.1. The number of hydrogen-bond acceptors (Lipinski definition) is 2. The lowest BCUT2D eigenvalue weighted by Gasteiger charge is -1.99. The summed E-state index contributed by atoms with van der Waals surface area (Å²) >= 11 is 1.96. The minimum atomic E-state index is 0.577. The first-order valence-corrected chi connectivity index (χ1v) is 3.97. The van der Waals surface area contributed by atoms with Gasteiger partial charge in [-0.1, -0.05) is 7.99 Å². The molecule has 0 saturated carbocycles. The molecule has 0 amide bonds. The van der Waals surface area contributed by atoms with Crippen molar-refractivity contribution in [2.45, 2.75) is 0 Å². The fourth-order valence-electron chi connectivity index (χ4n) is 0.953. The average molecular weight is 261 g/mol. The Kier molecular flexibility index (Phi) is 1.45. The molecule has 0 N–H and O–H groups in total. The molecule has 2 heterocycles. The summed E-state index contributed by atoms with van der Waals surface area (Å²) in [6.45, 7) is 0. The standard InChI is InChI=1S/C6H4IN3O/c7-10-6-5(4-8-10)2-1-3-9(6)11/h1-4H. The molecule has 0 radical (unpaired) electrons. The molecule has 0 aliphatic rings. The summed E-state index contributed by atoms with van der Waals surface area (Å²) in [5, 5.41) is 15.9. The van der Waals surface area contributed by atoms with E-state index in [2.05, 4.69) is 5.10 Å². The number of rotatable bonds is 0. The molecular formula is C6H4IN3O. The van der Waals surface area contributed by atoms with Gasteiger partial charge in [0.25, 0.3) is 0 Å². The van der Waals surface area contributed by atoms with Crippen LogP contribution in [0.2, 0.25) is 0 Å². The Morgan fingerprint density at radius 1 is 1.64 bits per heavy atom. The van der Waals surface area contributed by atoms with Crippen molar-refractivity contribution in [3.8, 4) is 0 Å². The van der Waals surface area contributed by atoms with Crippen LogP contribution in [0.15, 0.2) is 24.5 Å². The van der Waals surface area contributed by atoms with Crippen molar-refractivity contribution in [3.63, 3.8) is 0 Å². The van der Waals surface area contributed by atoms with Crippen LogP contribution in [-0.2, 0) is 0 Å². The van der Waals surface area contributed by atoms with Gasteiger partial charge in [-0.05, 0) is 12.1 Å². The number of nitrogens with zero attached hydrogens (tertiary/aromatic N) is 3. The molecule has 0 saturated heterocycles. The summed E-state index contributed by atoms with van der Waals surface area (Å²) in [5.74, 6) is 0. The van der Waals surface area contributed by atoms with Gasteiger partial charge in [0.2, 0.25) is 22.9 Å². The Hall–Kier alpha value is -0.850. The minimum absolute atomic E-state index is 0.577. The molecule has 0 aliphatic heterocycles. The van der Waals surface area contributed by atoms with E-state index in [1.807, 2.05) is 28.9 Å². The van der Waals surface area contributed by atoms with Gasteiger partial charge in [-0.15, -0.1) is 0 Å². The fraction of sp³-hybridized carbons (Fsp3) is 0. The van der Waals surface area contributed by atoms with Crippen LogP contribution in [0, 0.1) is 5.21 Å². The summed E-state index contributed by atoms with van der Waals surface area (Å²) in [7, 11) is 0. The van der Waals surface area contributed by atoms with Crippen molar-refractivity contribution < 1.29 is 4.73 Å². The van der Waals surface area contributed by atoms with Crippen LogP contribution in [0.3, 0.4) is 0 Å². The van der Waals surface area contributed by atoms with Crippen LogP contribution in [0.25, 0.3) is 11.0 Å². The summed E-state index contributed by atoms with van der Waals surface area (Å²) in [4.78, 5) is 0. The van der Waals surface area contributed by atoms with Crippen molar-refractivity contribution >= 4 is 33.9 Å². The number of fused-ring (bicyclic) bond motifs is 1. The zero-order valence-corrected chi connectivity index (χ0v) is 7.59. The Morgan fingerprint density at radius 2 is 2.45 bits per heavy atom. The molecule has 0 unspecified atom stereocenters. The van der Waals surface area contributed by atoms with E-state index in [4.69, 9.17) is 0 Å². The predicted octanol–water partition coefficient (Wildman–Crippen LogP) is 0.868. The Labute approximate surface area is 76.5 Å². The lowest BCUT2D eigenvalue weighted by Crippen LogP contribution is -2.27. The molecule has 2 aromatic rings. The van der Waals surface area contributed by atoms with Gasteiger partial charge in [0.1, 0.15) is 0 Å². The van der Waals surface area contributed by atoms with Crippen LogP contribution in [0.1, 0.15) is 0 Å². The zero-order chi connectivity index (χ0) is 7.84. The number of halogens is 1. The third-order valence-corrected chi connectivity index (χ3v) is 2.14. The Balaban J connectivity index is 2.96. The van der Waals surface area contributed by atoms with Crippen LogP contribution in [-0.4, -0.2) is 7.99 Å². The smallest absolute Gasteiger partial charge is 0.323 e. The van der Waals surface area contributed by atoms with E-state index >= 15 is 0 Å². The molecule has 0 fully saturated rings. The van der Waals surface area contributed by atoms with Crippen molar-refractivity contribution in [2.75, 3.05) is 0 Å². The Bertz CT molecular complexity index is 398. The van der Waals surface area contributed by atoms with E-state index in [1.165, 1.54) is 9.09 Å². The van der Waals surface area contributed by atoms with Gasteiger partial charge in [-0.3, -0.25) is 0 Å². The number of aromatic nitrogens is 3. The maximum absolute atomic E-state index is 11.1. The number of hydrogen-bond donors (Lipinski definition) is 0. The number of pyridine rings is 1. The van der Waals surface area contributed by atoms with Crippen molar-refractivity contribution in [1.29, 1.82) is 0 Å². The van der Waals surface area contributed by atoms with E-state index in [1.54, 1.807) is 12.3 Å². The third kappa shape index (κ3) is 0.953. The first kappa shape index (κ1) is 6.84. The average Bonchev–Trinajstić information content (AvgIpc) is 2.34. The molecule has 2 aromatic heterocycles. The van der Waals surface area contributed by atoms with Crippen molar-refractivity contribution in [3.05, 3.63) is 29.7 Å². The van der Waals surface area contributed by atoms with Gasteiger partial charge < -0.3 is 5.21 Å². The second-order valence-corrected chi connectivity index (χ2v) is 3.03. The van der Waals surface area contributed by atoms with E-state index in [0.717, 1.165) is 10.1 Å². The van der Waals surface area contributed by atoms with Gasteiger partial charge in [0, 0.05) is 0 Å². The van der Waals surface area contributed by atoms with E-state index < -0.39 is 0 Å². The second kappa shape index (κ2) is 2.33. The van der Waals surface area contributed by atoms with Gasteiger partial charge in [0.15, 0.2) is 0 Å². The van der Waals surface area contributed by atoms with Crippen LogP contribution < -0.4 is 4.73 Å². The molecule has 2 rings (SSSR count). The monoisotopic (exact) mass is 261 g/mol. The van der Waals surface area contributed by atoms with Crippen LogP contribution in [0.5, 0.6) is 0 Å². The highest BCUT2D eigenvalue weighted by Crippen LogP contribution is 2.09. The first-order valence-electron chi connectivity index (χ1n) is 3.01. The van der Waals surface area contributed by atoms with Crippen LogP contribution >= 0.6 is 22.9 Å². The normalized spacial score (nSPS) is 10.6. The summed E-state index contributed by atoms with van der Waals surface area (Å²) < 4.78 is 2.33. The quantitative estimate of drug-likeness (QED) is 0.401. The topological polar surface area (TPSA) is 44.8 Å². The SMILES string of the molecule is [O-][n+]1cccc2cnn(I)c21. The highest BCUT2D eigenvalue weighted by atomic mass is 127. The largest absolute Gasteiger partial charge is 0.711 e. The summed E-state index contributed by atoms with van der Waals surface area (Å²) in [6.07, 6.45) is 3.12. The van der Waals surface area contributed by atoms with Gasteiger partial charge in [0.05, 0.1) is 17.8 Å². The maximum atomic E-state index is 11.1. The van der Waals surface area contributed by atoms with Gasteiger partial charge >= 0.3 is 5.65 Å². The molecule has 0 spiro atoms. The molecule has 0 atom stereocenters. The molecule has 11 heavy (non-hydrogen) atoms. The highest BCUT2D eigenvalue weighted by Gasteiger charge is 2.08. The third-order valence-electron chi connectivity index (χ3n) is 1.44. The van der Waals surface area contributed by atoms with Gasteiger partial charge in [-0.25, -0.2) is 4.73 Å². The summed E-state index contributed by atoms with van der Waals surface area (Å²) in [5.41, 5.74) is 0.577. The second-order valence-electron chi connectivity index (χ2n) is 2.12. The lowest BCUT2D eigenvalue weighted by atomic mass is 10.4. The van der Waals surface area contributed by atoms with E-state index in [0.29, 0.717) is 5.65 Å². The Morgan fingerprint density at radius 3 is 3.18 bits per heavy atom. The predicted molar refractivity (Wildman–Crippen MR) is 48.1 cm³/mol. The van der Waals surface area contributed by atoms with Crippen molar-refractivity contribution in [1.82, 2.24) is 7.99 Å². The van der Waals surface area contributed by atoms with E-state index in [9.17, 15) is 5.21 Å². The minimum Gasteiger partial charge on any atom is -0.711 e.